The van der Waals surface area contributed by atoms with Crippen molar-refractivity contribution in [3.63, 3.8) is 0 Å². The van der Waals surface area contributed by atoms with Crippen LogP contribution < -0.4 is 5.32 Å². The van der Waals surface area contributed by atoms with E-state index >= 15 is 0 Å². The summed E-state index contributed by atoms with van der Waals surface area (Å²) in [6, 6.07) is 14.2. The van der Waals surface area contributed by atoms with E-state index in [9.17, 15) is 16.8 Å². The maximum absolute atomic E-state index is 13.4. The second kappa shape index (κ2) is 8.32. The van der Waals surface area contributed by atoms with E-state index < -0.39 is 31.0 Å². The fourth-order valence-electron chi connectivity index (χ4n) is 4.36. The van der Waals surface area contributed by atoms with Crippen molar-refractivity contribution in [2.75, 3.05) is 18.1 Å². The summed E-state index contributed by atoms with van der Waals surface area (Å²) in [4.78, 5) is 3.41. The highest BCUT2D eigenvalue weighted by atomic mass is 32.2. The number of fused-ring (bicyclic) bond motifs is 1. The third kappa shape index (κ3) is 4.63. The van der Waals surface area contributed by atoms with E-state index in [1.165, 1.54) is 0 Å². The molecule has 0 unspecified atom stereocenters. The maximum atomic E-state index is 13.4. The number of aromatic nitrogens is 1. The predicted molar refractivity (Wildman–Crippen MR) is 129 cm³/mol. The summed E-state index contributed by atoms with van der Waals surface area (Å²) < 4.78 is 51.4. The van der Waals surface area contributed by atoms with E-state index in [4.69, 9.17) is 0 Å². The molecule has 2 heterocycles. The summed E-state index contributed by atoms with van der Waals surface area (Å²) >= 11 is 0. The van der Waals surface area contributed by atoms with Gasteiger partial charge >= 0.3 is 0 Å². The molecule has 1 fully saturated rings. The van der Waals surface area contributed by atoms with Crippen LogP contribution in [0.5, 0.6) is 0 Å². The highest BCUT2D eigenvalue weighted by Crippen LogP contribution is 2.29. The molecule has 0 radical (unpaired) electrons. The van der Waals surface area contributed by atoms with Crippen molar-refractivity contribution < 1.29 is 16.8 Å². The molecule has 1 aromatic heterocycles. The van der Waals surface area contributed by atoms with Crippen LogP contribution in [0.3, 0.4) is 0 Å². The molecule has 8 heteroatoms. The zero-order chi connectivity index (χ0) is 23.1. The smallest absolute Gasteiger partial charge is 0.183 e. The molecule has 4 rings (SSSR count). The Hall–Kier alpha value is -2.16. The van der Waals surface area contributed by atoms with Gasteiger partial charge in [0.1, 0.15) is 0 Å². The summed E-state index contributed by atoms with van der Waals surface area (Å²) in [7, 11) is -7.22. The van der Waals surface area contributed by atoms with Crippen molar-refractivity contribution in [3.8, 4) is 0 Å². The van der Waals surface area contributed by atoms with Crippen LogP contribution in [-0.2, 0) is 31.5 Å². The minimum Gasteiger partial charge on any atom is -0.361 e. The fraction of sp³-hybridized carbons (Fsp3) is 0.417. The average Bonchev–Trinajstić information content (AvgIpc) is 3.28. The van der Waals surface area contributed by atoms with E-state index in [1.54, 1.807) is 12.1 Å². The monoisotopic (exact) mass is 474 g/mol. The summed E-state index contributed by atoms with van der Waals surface area (Å²) in [6.45, 7) is 6.69. The third-order valence-corrected chi connectivity index (χ3v) is 10.4. The first-order valence-corrected chi connectivity index (χ1v) is 14.2. The molecule has 0 saturated carbocycles. The zero-order valence-electron chi connectivity index (χ0n) is 18.6. The van der Waals surface area contributed by atoms with Crippen LogP contribution in [0.1, 0.15) is 31.9 Å². The van der Waals surface area contributed by atoms with Gasteiger partial charge in [0.15, 0.2) is 19.7 Å². The van der Waals surface area contributed by atoms with Gasteiger partial charge in [0.2, 0.25) is 0 Å². The molecule has 6 nitrogen and oxygen atoms in total. The summed E-state index contributed by atoms with van der Waals surface area (Å²) in [5, 5.41) is 3.36. The minimum atomic E-state index is -3.79. The molecule has 172 valence electrons. The molecule has 0 bridgehead atoms. The molecule has 0 amide bonds. The van der Waals surface area contributed by atoms with Crippen LogP contribution in [0, 0.1) is 0 Å². The topological polar surface area (TPSA) is 96.1 Å². The first-order valence-electron chi connectivity index (χ1n) is 10.8. The van der Waals surface area contributed by atoms with Crippen molar-refractivity contribution in [3.05, 3.63) is 65.9 Å². The van der Waals surface area contributed by atoms with Crippen LogP contribution in [0.4, 0.5) is 0 Å². The van der Waals surface area contributed by atoms with E-state index in [0.29, 0.717) is 13.0 Å². The Bertz CT molecular complexity index is 1320. The van der Waals surface area contributed by atoms with Crippen LogP contribution in [-0.4, -0.2) is 51.2 Å². The van der Waals surface area contributed by atoms with Gasteiger partial charge in [-0.3, -0.25) is 0 Å². The molecule has 1 saturated heterocycles. The number of para-hydroxylation sites is 1. The molecule has 32 heavy (non-hydrogen) atoms. The second-order valence-electron chi connectivity index (χ2n) is 9.60. The Morgan fingerprint density at radius 1 is 1.03 bits per heavy atom. The lowest BCUT2D eigenvalue weighted by Gasteiger charge is -2.22. The van der Waals surface area contributed by atoms with Crippen molar-refractivity contribution in [2.24, 2.45) is 0 Å². The second-order valence-corrected chi connectivity index (χ2v) is 13.9. The minimum absolute atomic E-state index is 0.0918. The zero-order valence-corrected chi connectivity index (χ0v) is 20.3. The summed E-state index contributed by atoms with van der Waals surface area (Å²) in [5.41, 5.74) is 3.10. The van der Waals surface area contributed by atoms with E-state index in [1.807, 2.05) is 42.6 Å². The van der Waals surface area contributed by atoms with Crippen LogP contribution in [0.15, 0.2) is 59.6 Å². The lowest BCUT2D eigenvalue weighted by molar-refractivity contribution is 0.528. The fourth-order valence-corrected chi connectivity index (χ4v) is 9.08. The largest absolute Gasteiger partial charge is 0.361 e. The van der Waals surface area contributed by atoms with Crippen LogP contribution >= 0.6 is 0 Å². The number of sulfone groups is 2. The molecule has 3 aromatic rings. The van der Waals surface area contributed by atoms with Gasteiger partial charge in [-0.25, -0.2) is 16.8 Å². The quantitative estimate of drug-likeness (QED) is 0.572. The van der Waals surface area contributed by atoms with Crippen LogP contribution in [0.2, 0.25) is 0 Å². The average molecular weight is 475 g/mol. The van der Waals surface area contributed by atoms with E-state index in [2.05, 4.69) is 31.1 Å². The van der Waals surface area contributed by atoms with Crippen molar-refractivity contribution >= 4 is 30.6 Å². The SMILES string of the molecule is CC(C)(C)c1ccc(S(=O)(=O)[C@H]2CS(=O)(=O)C[C@@H]2NCCc2c[nH]c3ccccc23)cc1. The first kappa shape index (κ1) is 23.0. The Morgan fingerprint density at radius 2 is 1.72 bits per heavy atom. The van der Waals surface area contributed by atoms with Crippen LogP contribution in [0.25, 0.3) is 10.9 Å². The molecule has 2 aromatic carbocycles. The van der Waals surface area contributed by atoms with E-state index in [-0.39, 0.29) is 21.8 Å². The first-order chi connectivity index (χ1) is 15.0. The molecule has 2 N–H and O–H groups in total. The third-order valence-electron chi connectivity index (χ3n) is 6.22. The van der Waals surface area contributed by atoms with Gasteiger partial charge < -0.3 is 10.3 Å². The molecular weight excluding hydrogens is 444 g/mol. The summed E-state index contributed by atoms with van der Waals surface area (Å²) in [6.07, 6.45) is 2.62. The maximum Gasteiger partial charge on any atom is 0.183 e. The Kier molecular flexibility index (Phi) is 5.98. The number of benzene rings is 2. The van der Waals surface area contributed by atoms with Gasteiger partial charge in [-0.05, 0) is 47.7 Å². The van der Waals surface area contributed by atoms with Gasteiger partial charge in [-0.1, -0.05) is 51.1 Å². The van der Waals surface area contributed by atoms with Gasteiger partial charge in [-0.2, -0.15) is 0 Å². The molecular formula is C24H30N2O4S2. The molecule has 1 aliphatic heterocycles. The highest BCUT2D eigenvalue weighted by Gasteiger charge is 2.45. The van der Waals surface area contributed by atoms with Gasteiger partial charge in [-0.15, -0.1) is 0 Å². The van der Waals surface area contributed by atoms with Gasteiger partial charge in [0.05, 0.1) is 21.7 Å². The van der Waals surface area contributed by atoms with Crippen molar-refractivity contribution in [1.82, 2.24) is 10.3 Å². The number of hydrogen-bond donors (Lipinski definition) is 2. The van der Waals surface area contributed by atoms with Gasteiger partial charge in [0, 0.05) is 23.1 Å². The van der Waals surface area contributed by atoms with Gasteiger partial charge in [0.25, 0.3) is 0 Å². The van der Waals surface area contributed by atoms with Crippen molar-refractivity contribution in [2.45, 2.75) is 48.8 Å². The normalized spacial score (nSPS) is 21.2. The Morgan fingerprint density at radius 3 is 2.41 bits per heavy atom. The molecule has 0 aliphatic carbocycles. The lowest BCUT2D eigenvalue weighted by atomic mass is 9.87. The van der Waals surface area contributed by atoms with E-state index in [0.717, 1.165) is 22.0 Å². The highest BCUT2D eigenvalue weighted by molar-refractivity contribution is 7.96. The number of H-pyrrole nitrogens is 1. The number of aromatic amines is 1. The predicted octanol–water partition coefficient (Wildman–Crippen LogP) is 3.24. The standard InChI is InChI=1S/C24H30N2O4S2/c1-24(2,3)18-8-10-19(11-9-18)32(29,30)23-16-31(27,28)15-22(23)25-13-12-17-14-26-21-7-5-4-6-20(17)21/h4-11,14,22-23,25-26H,12-13,15-16H2,1-3H3/t22-,23-/m0/s1. The Labute approximate surface area is 190 Å². The number of hydrogen-bond acceptors (Lipinski definition) is 5. The van der Waals surface area contributed by atoms with Crippen molar-refractivity contribution in [1.29, 1.82) is 0 Å². The Balaban J connectivity index is 1.51. The molecule has 1 aliphatic rings. The number of rotatable bonds is 6. The lowest BCUT2D eigenvalue weighted by Crippen LogP contribution is -2.44. The summed E-state index contributed by atoms with van der Waals surface area (Å²) in [5.74, 6) is -0.508. The number of nitrogens with one attached hydrogen (secondary N) is 2. The molecule has 0 spiro atoms. The molecule has 2 atom stereocenters.